The number of phosphoric ester groups is 1. The minimum atomic E-state index is -4.76. The van der Waals surface area contributed by atoms with Crippen molar-refractivity contribution in [3.05, 3.63) is 35.7 Å². The molecule has 0 spiro atoms. The van der Waals surface area contributed by atoms with Gasteiger partial charge in [-0.25, -0.2) is 4.57 Å². The van der Waals surface area contributed by atoms with Gasteiger partial charge in [0.2, 0.25) is 5.75 Å². The van der Waals surface area contributed by atoms with Crippen LogP contribution in [0.5, 0.6) is 28.7 Å². The van der Waals surface area contributed by atoms with E-state index in [-0.39, 0.29) is 42.5 Å². The molecule has 3 aromatic rings. The van der Waals surface area contributed by atoms with Crippen LogP contribution in [0.15, 0.2) is 35.7 Å². The molecule has 0 unspecified atom stereocenters. The van der Waals surface area contributed by atoms with Gasteiger partial charge in [-0.1, -0.05) is 6.07 Å². The fourth-order valence-corrected chi connectivity index (χ4v) is 4.03. The van der Waals surface area contributed by atoms with Crippen LogP contribution in [0.4, 0.5) is 0 Å². The molecular formula is C19H21NNaO8PS. The van der Waals surface area contributed by atoms with E-state index in [4.69, 9.17) is 23.5 Å². The van der Waals surface area contributed by atoms with Crippen LogP contribution in [0, 0.1) is 0 Å². The number of nitrogens with zero attached hydrogens (tertiary/aromatic N) is 1. The number of rotatable bonds is 8. The molecule has 0 fully saturated rings. The Morgan fingerprint density at radius 3 is 1.97 bits per heavy atom. The quantitative estimate of drug-likeness (QED) is 0.363. The van der Waals surface area contributed by atoms with Crippen molar-refractivity contribution in [1.82, 2.24) is 4.37 Å². The van der Waals surface area contributed by atoms with E-state index >= 15 is 0 Å². The number of benzene rings is 2. The number of phosphoric acid groups is 1. The number of methoxy groups -OCH3 is 4. The molecule has 162 valence electrons. The van der Waals surface area contributed by atoms with Gasteiger partial charge >= 0.3 is 37.4 Å². The van der Waals surface area contributed by atoms with Gasteiger partial charge in [-0.2, -0.15) is 4.37 Å². The Labute approximate surface area is 207 Å². The van der Waals surface area contributed by atoms with E-state index in [2.05, 4.69) is 4.37 Å². The standard InChI is InChI=1S/C19H20NO8PS.Na.H/c1-24-14-6-5-11(7-15(14)28-29(21,22)23)13-10-30-20-18(13)12-8-16(25-2)19(27-4)17(9-12)26-3;;/h5-10H,1-4H3,(H2,21,22,23);;/q;+1;-1. The summed E-state index contributed by atoms with van der Waals surface area (Å²) in [6.07, 6.45) is 0. The largest absolute Gasteiger partial charge is 1.00 e. The predicted molar refractivity (Wildman–Crippen MR) is 113 cm³/mol. The maximum Gasteiger partial charge on any atom is 1.00 e. The van der Waals surface area contributed by atoms with Crippen LogP contribution < -0.4 is 53.0 Å². The molecule has 0 saturated carbocycles. The van der Waals surface area contributed by atoms with Crippen LogP contribution in [0.2, 0.25) is 0 Å². The third-order valence-corrected chi connectivity index (χ3v) is 5.26. The SMILES string of the molecule is COc1ccc(-c2csnc2-c2cc(OC)c(OC)c(OC)c2)cc1OP(=O)(O)O.[H-].[Na+]. The Hall–Kier alpha value is -1.78. The second-order valence-corrected chi connectivity index (χ2v) is 7.73. The number of aromatic nitrogens is 1. The van der Waals surface area contributed by atoms with Crippen molar-refractivity contribution in [2.45, 2.75) is 0 Å². The molecule has 0 atom stereocenters. The summed E-state index contributed by atoms with van der Waals surface area (Å²) in [4.78, 5) is 18.4. The van der Waals surface area contributed by atoms with Crippen LogP contribution in [0.3, 0.4) is 0 Å². The summed E-state index contributed by atoms with van der Waals surface area (Å²) in [5, 5.41) is 1.82. The smallest absolute Gasteiger partial charge is 1.00 e. The summed E-state index contributed by atoms with van der Waals surface area (Å²) >= 11 is 1.23. The van der Waals surface area contributed by atoms with Gasteiger partial charge in [0.25, 0.3) is 0 Å². The second kappa shape index (κ2) is 10.7. The van der Waals surface area contributed by atoms with Gasteiger partial charge in [0, 0.05) is 16.5 Å². The predicted octanol–water partition coefficient (Wildman–Crippen LogP) is 1.10. The maximum atomic E-state index is 11.3. The Kier molecular flexibility index (Phi) is 8.79. The Morgan fingerprint density at radius 1 is 0.871 bits per heavy atom. The molecule has 0 aliphatic carbocycles. The number of hydrogen-bond acceptors (Lipinski definition) is 8. The van der Waals surface area contributed by atoms with Crippen molar-refractivity contribution in [2.75, 3.05) is 28.4 Å². The summed E-state index contributed by atoms with van der Waals surface area (Å²) < 4.78 is 41.9. The minimum Gasteiger partial charge on any atom is -1.00 e. The van der Waals surface area contributed by atoms with Gasteiger partial charge < -0.3 is 24.9 Å². The zero-order valence-electron chi connectivity index (χ0n) is 18.6. The summed E-state index contributed by atoms with van der Waals surface area (Å²) in [5.74, 6) is 1.53. The first-order chi connectivity index (χ1) is 14.3. The van der Waals surface area contributed by atoms with Crippen molar-refractivity contribution in [2.24, 2.45) is 0 Å². The van der Waals surface area contributed by atoms with E-state index in [9.17, 15) is 14.4 Å². The molecule has 12 heteroatoms. The van der Waals surface area contributed by atoms with Crippen molar-refractivity contribution in [3.8, 4) is 51.1 Å². The molecule has 0 radical (unpaired) electrons. The fraction of sp³-hybridized carbons (Fsp3) is 0.211. The van der Waals surface area contributed by atoms with Crippen LogP contribution >= 0.6 is 19.4 Å². The second-order valence-electron chi connectivity index (χ2n) is 5.94. The molecule has 3 rings (SSSR count). The summed E-state index contributed by atoms with van der Waals surface area (Å²) in [7, 11) is 1.19. The average molecular weight is 477 g/mol. The molecule has 0 saturated heterocycles. The van der Waals surface area contributed by atoms with Gasteiger partial charge in [0.05, 0.1) is 34.1 Å². The van der Waals surface area contributed by atoms with Crippen molar-refractivity contribution < 1.29 is 68.8 Å². The van der Waals surface area contributed by atoms with Gasteiger partial charge in [0.15, 0.2) is 23.0 Å². The molecule has 1 aromatic heterocycles. The van der Waals surface area contributed by atoms with Crippen molar-refractivity contribution in [3.63, 3.8) is 0 Å². The third kappa shape index (κ3) is 5.72. The summed E-state index contributed by atoms with van der Waals surface area (Å²) in [5.41, 5.74) is 2.71. The van der Waals surface area contributed by atoms with E-state index in [0.717, 1.165) is 5.56 Å². The molecule has 2 N–H and O–H groups in total. The molecule has 0 amide bonds. The topological polar surface area (TPSA) is 117 Å². The first kappa shape index (κ1) is 25.5. The van der Waals surface area contributed by atoms with Gasteiger partial charge in [-0.05, 0) is 41.4 Å². The molecule has 31 heavy (non-hydrogen) atoms. The monoisotopic (exact) mass is 477 g/mol. The zero-order valence-corrected chi connectivity index (χ0v) is 21.3. The summed E-state index contributed by atoms with van der Waals surface area (Å²) in [6, 6.07) is 8.35. The van der Waals surface area contributed by atoms with Crippen LogP contribution in [0.1, 0.15) is 1.43 Å². The normalized spacial score (nSPS) is 10.8. The Bertz CT molecular complexity index is 1080. The van der Waals surface area contributed by atoms with E-state index in [1.54, 1.807) is 24.3 Å². The van der Waals surface area contributed by atoms with E-state index in [1.807, 2.05) is 5.38 Å². The fourth-order valence-electron chi connectivity index (χ4n) is 2.91. The first-order valence-electron chi connectivity index (χ1n) is 8.49. The molecular weight excluding hydrogens is 456 g/mol. The van der Waals surface area contributed by atoms with Crippen LogP contribution in [-0.2, 0) is 4.57 Å². The minimum absolute atomic E-state index is 0. The number of hydrogen-bond donors (Lipinski definition) is 2. The molecule has 1 heterocycles. The van der Waals surface area contributed by atoms with Crippen molar-refractivity contribution in [1.29, 1.82) is 0 Å². The zero-order chi connectivity index (χ0) is 21.9. The maximum absolute atomic E-state index is 11.3. The molecule has 2 aromatic carbocycles. The average Bonchev–Trinajstić information content (AvgIpc) is 3.21. The van der Waals surface area contributed by atoms with E-state index in [1.165, 1.54) is 46.0 Å². The molecule has 0 bridgehead atoms. The van der Waals surface area contributed by atoms with Crippen molar-refractivity contribution >= 4 is 19.4 Å². The van der Waals surface area contributed by atoms with E-state index < -0.39 is 7.82 Å². The summed E-state index contributed by atoms with van der Waals surface area (Å²) in [6.45, 7) is 0. The molecule has 9 nitrogen and oxygen atoms in total. The van der Waals surface area contributed by atoms with E-state index in [0.29, 0.717) is 34.1 Å². The van der Waals surface area contributed by atoms with Gasteiger partial charge in [-0.3, -0.25) is 9.79 Å². The van der Waals surface area contributed by atoms with Gasteiger partial charge in [0.1, 0.15) is 0 Å². The number of ether oxygens (including phenoxy) is 4. The molecule has 0 aliphatic heterocycles. The third-order valence-electron chi connectivity index (χ3n) is 4.20. The first-order valence-corrected chi connectivity index (χ1v) is 10.9. The Balaban J connectivity index is 0.00000256. The van der Waals surface area contributed by atoms with Gasteiger partial charge in [-0.15, -0.1) is 0 Å². The molecule has 0 aliphatic rings. The van der Waals surface area contributed by atoms with Crippen LogP contribution in [0.25, 0.3) is 22.4 Å². The Morgan fingerprint density at radius 2 is 1.45 bits per heavy atom. The van der Waals surface area contributed by atoms with Crippen LogP contribution in [-0.4, -0.2) is 42.6 Å².